The van der Waals surface area contributed by atoms with Crippen molar-refractivity contribution >= 4 is 35.3 Å². The van der Waals surface area contributed by atoms with Crippen LogP contribution in [0.3, 0.4) is 0 Å². The van der Waals surface area contributed by atoms with Gasteiger partial charge in [0.2, 0.25) is 23.5 Å². The van der Waals surface area contributed by atoms with Gasteiger partial charge in [-0.25, -0.2) is 0 Å². The Bertz CT molecular complexity index is 982. The summed E-state index contributed by atoms with van der Waals surface area (Å²) >= 11 is 0. The summed E-state index contributed by atoms with van der Waals surface area (Å²) in [5.74, 6) is -7.01. The number of carbonyl (C=O) groups is 6. The third-order valence-corrected chi connectivity index (χ3v) is 7.48. The van der Waals surface area contributed by atoms with Gasteiger partial charge in [-0.3, -0.25) is 28.8 Å². The first-order valence-corrected chi connectivity index (χ1v) is 13.4. The summed E-state index contributed by atoms with van der Waals surface area (Å²) in [7, 11) is 0. The van der Waals surface area contributed by atoms with Crippen molar-refractivity contribution in [2.24, 2.45) is 11.8 Å². The minimum atomic E-state index is -5.17. The fourth-order valence-electron chi connectivity index (χ4n) is 5.52. The van der Waals surface area contributed by atoms with Crippen molar-refractivity contribution in [1.82, 2.24) is 26.2 Å². The van der Waals surface area contributed by atoms with Gasteiger partial charge in [-0.05, 0) is 58.3 Å². The Balaban J connectivity index is 1.77. The van der Waals surface area contributed by atoms with Crippen LogP contribution in [0.25, 0.3) is 0 Å². The predicted molar refractivity (Wildman–Crippen MR) is 131 cm³/mol. The summed E-state index contributed by atoms with van der Waals surface area (Å²) in [5.41, 5.74) is 0. The van der Waals surface area contributed by atoms with Crippen LogP contribution in [0.4, 0.5) is 13.2 Å². The number of hydrogen-bond donors (Lipinski definition) is 4. The molecule has 0 aromatic heterocycles. The first-order chi connectivity index (χ1) is 18.3. The summed E-state index contributed by atoms with van der Waals surface area (Å²) in [4.78, 5) is 77.2. The van der Waals surface area contributed by atoms with Gasteiger partial charge in [0.05, 0.1) is 6.04 Å². The quantitative estimate of drug-likeness (QED) is 0.283. The number of nitrogens with zero attached hydrogens (tertiary/aromatic N) is 1. The van der Waals surface area contributed by atoms with Crippen LogP contribution in [0.2, 0.25) is 0 Å². The molecule has 5 amide bonds. The van der Waals surface area contributed by atoms with Crippen LogP contribution in [0.15, 0.2) is 0 Å². The van der Waals surface area contributed by atoms with E-state index in [2.05, 4.69) is 16.0 Å². The highest BCUT2D eigenvalue weighted by Crippen LogP contribution is 2.31. The van der Waals surface area contributed by atoms with Crippen LogP contribution in [0.5, 0.6) is 0 Å². The van der Waals surface area contributed by atoms with E-state index in [0.29, 0.717) is 45.1 Å². The van der Waals surface area contributed by atoms with Crippen LogP contribution >= 0.6 is 0 Å². The zero-order valence-corrected chi connectivity index (χ0v) is 22.1. The predicted octanol–water partition coefficient (Wildman–Crippen LogP) is 0.319. The third kappa shape index (κ3) is 7.69. The van der Waals surface area contributed by atoms with Crippen molar-refractivity contribution in [2.45, 2.75) is 95.6 Å². The molecule has 1 unspecified atom stereocenters. The van der Waals surface area contributed by atoms with Crippen LogP contribution in [0, 0.1) is 11.8 Å². The third-order valence-electron chi connectivity index (χ3n) is 7.48. The van der Waals surface area contributed by atoms with Gasteiger partial charge in [-0.1, -0.05) is 12.8 Å². The zero-order chi connectivity index (χ0) is 28.9. The normalized spacial score (nSPS) is 23.3. The summed E-state index contributed by atoms with van der Waals surface area (Å²) in [6.07, 6.45) is -1.97. The highest BCUT2D eigenvalue weighted by atomic mass is 19.4. The van der Waals surface area contributed by atoms with Crippen LogP contribution in [0.1, 0.15) is 65.2 Å². The van der Waals surface area contributed by atoms with Crippen LogP contribution in [-0.2, 0) is 28.8 Å². The van der Waals surface area contributed by atoms with E-state index in [-0.39, 0.29) is 31.3 Å². The number of carbonyl (C=O) groups excluding carboxylic acids is 6. The molecule has 14 heteroatoms. The van der Waals surface area contributed by atoms with E-state index in [4.69, 9.17) is 0 Å². The number of halogens is 3. The largest absolute Gasteiger partial charge is 0.471 e. The molecule has 3 aliphatic rings. The van der Waals surface area contributed by atoms with Crippen LogP contribution in [-0.4, -0.2) is 83.7 Å². The lowest BCUT2D eigenvalue weighted by Gasteiger charge is -2.32. The molecule has 11 nitrogen and oxygen atoms in total. The highest BCUT2D eigenvalue weighted by Gasteiger charge is 2.46. The Morgan fingerprint density at radius 2 is 1.64 bits per heavy atom. The number of alkyl halides is 3. The lowest BCUT2D eigenvalue weighted by atomic mass is 9.94. The Kier molecular flexibility index (Phi) is 9.94. The molecule has 2 heterocycles. The number of rotatable bonds is 10. The maximum Gasteiger partial charge on any atom is 0.471 e. The second-order valence-electron chi connectivity index (χ2n) is 10.7. The number of Topliss-reactive ketones (excluding diaryl/α,β-unsaturated/α-hetero) is 1. The first-order valence-electron chi connectivity index (χ1n) is 13.4. The molecule has 4 atom stereocenters. The second-order valence-corrected chi connectivity index (χ2v) is 10.7. The van der Waals surface area contributed by atoms with Crippen molar-refractivity contribution in [3.8, 4) is 0 Å². The average Bonchev–Trinajstić information content (AvgIpc) is 3.62. The van der Waals surface area contributed by atoms with E-state index in [9.17, 15) is 41.9 Å². The molecular formula is C25H36F3N5O6. The molecule has 1 aliphatic carbocycles. The fraction of sp³-hybridized carbons (Fsp3) is 0.760. The van der Waals surface area contributed by atoms with E-state index in [0.717, 1.165) is 4.90 Å². The topological polar surface area (TPSA) is 154 Å². The number of likely N-dealkylation sites (tertiary alicyclic amines) is 1. The summed E-state index contributed by atoms with van der Waals surface area (Å²) < 4.78 is 39.0. The lowest BCUT2D eigenvalue weighted by Crippen LogP contribution is -2.59. The average molecular weight is 560 g/mol. The standard InChI is InChI=1S/C25H36F3N5O6/c1-13(2)30-22(37)19(34)16(12-15-9-10-29-20(15)35)31-21(36)17-8-5-11-33(17)23(38)18(14-6-3-4-7-14)32-24(39)25(26,27)28/h13-18H,3-12H2,1-2H3,(H,29,35)(H,30,37)(H,31,36)(H,32,39)/t15-,16-,17?,18-/m0/s1. The molecule has 0 aromatic carbocycles. The van der Waals surface area contributed by atoms with Crippen molar-refractivity contribution in [3.63, 3.8) is 0 Å². The number of nitrogens with one attached hydrogen (secondary N) is 4. The molecule has 4 N–H and O–H groups in total. The van der Waals surface area contributed by atoms with Gasteiger partial charge in [-0.15, -0.1) is 0 Å². The number of ketones is 1. The summed E-state index contributed by atoms with van der Waals surface area (Å²) in [6.45, 7) is 3.79. The van der Waals surface area contributed by atoms with Crippen molar-refractivity contribution in [3.05, 3.63) is 0 Å². The maximum absolute atomic E-state index is 13.5. The monoisotopic (exact) mass is 559 g/mol. The second kappa shape index (κ2) is 12.8. The number of amides is 5. The van der Waals surface area contributed by atoms with Gasteiger partial charge in [0.1, 0.15) is 12.1 Å². The Morgan fingerprint density at radius 3 is 2.21 bits per heavy atom. The molecular weight excluding hydrogens is 523 g/mol. The molecule has 2 aliphatic heterocycles. The molecule has 3 rings (SSSR count). The van der Waals surface area contributed by atoms with E-state index < -0.39 is 65.5 Å². The zero-order valence-electron chi connectivity index (χ0n) is 22.1. The van der Waals surface area contributed by atoms with E-state index >= 15 is 0 Å². The minimum absolute atomic E-state index is 0.0828. The maximum atomic E-state index is 13.5. The van der Waals surface area contributed by atoms with Gasteiger partial charge in [0.25, 0.3) is 5.91 Å². The molecule has 0 radical (unpaired) electrons. The van der Waals surface area contributed by atoms with Gasteiger partial charge in [-0.2, -0.15) is 13.2 Å². The van der Waals surface area contributed by atoms with Crippen LogP contribution < -0.4 is 21.3 Å². The fourth-order valence-corrected chi connectivity index (χ4v) is 5.52. The van der Waals surface area contributed by atoms with Gasteiger partial charge < -0.3 is 26.2 Å². The first kappa shape index (κ1) is 30.4. The smallest absolute Gasteiger partial charge is 0.356 e. The highest BCUT2D eigenvalue weighted by molar-refractivity contribution is 6.38. The Labute approximate surface area is 224 Å². The molecule has 2 saturated heterocycles. The lowest BCUT2D eigenvalue weighted by molar-refractivity contribution is -0.175. The number of hydrogen-bond acceptors (Lipinski definition) is 6. The Morgan fingerprint density at radius 1 is 0.974 bits per heavy atom. The minimum Gasteiger partial charge on any atom is -0.356 e. The molecule has 3 fully saturated rings. The van der Waals surface area contributed by atoms with E-state index in [1.54, 1.807) is 13.8 Å². The van der Waals surface area contributed by atoms with E-state index in [1.165, 1.54) is 0 Å². The van der Waals surface area contributed by atoms with Gasteiger partial charge in [0.15, 0.2) is 0 Å². The van der Waals surface area contributed by atoms with Gasteiger partial charge >= 0.3 is 12.1 Å². The SMILES string of the molecule is CC(C)NC(=O)C(=O)[C@H](C[C@@H]1CCNC1=O)NC(=O)C1CCCN1C(=O)[C@@H](NC(=O)C(F)(F)F)C1CCCC1. The summed E-state index contributed by atoms with van der Waals surface area (Å²) in [5, 5.41) is 9.48. The Hall–Kier alpha value is -3.19. The van der Waals surface area contributed by atoms with Crippen molar-refractivity contribution in [1.29, 1.82) is 0 Å². The van der Waals surface area contributed by atoms with Gasteiger partial charge in [0, 0.05) is 25.0 Å². The van der Waals surface area contributed by atoms with Crippen molar-refractivity contribution in [2.75, 3.05) is 13.1 Å². The molecule has 0 bridgehead atoms. The molecule has 1 saturated carbocycles. The molecule has 39 heavy (non-hydrogen) atoms. The molecule has 0 aromatic rings. The van der Waals surface area contributed by atoms with E-state index in [1.807, 2.05) is 5.32 Å². The molecule has 0 spiro atoms. The summed E-state index contributed by atoms with van der Waals surface area (Å²) in [6, 6.07) is -4.23. The van der Waals surface area contributed by atoms with Crippen molar-refractivity contribution < 1.29 is 41.9 Å². The molecule has 218 valence electrons.